The zero-order valence-corrected chi connectivity index (χ0v) is 38.8. The minimum atomic E-state index is -0.942. The average Bonchev–Trinajstić information content (AvgIpc) is 4.11. The maximum atomic E-state index is 6.85. The van der Waals surface area contributed by atoms with Crippen molar-refractivity contribution in [2.24, 2.45) is 0 Å². The molecule has 0 unspecified atom stereocenters. The molecular formula is C57H47N2O2PS2. The summed E-state index contributed by atoms with van der Waals surface area (Å²) in [5.74, 6) is -0.942. The molecule has 1 fully saturated rings. The van der Waals surface area contributed by atoms with Gasteiger partial charge >= 0.3 is 0 Å². The second-order valence-corrected chi connectivity index (χ2v) is 20.8. The maximum absolute atomic E-state index is 6.85. The van der Waals surface area contributed by atoms with Crippen molar-refractivity contribution in [1.82, 2.24) is 0 Å². The fourth-order valence-corrected chi connectivity index (χ4v) is 15.1. The summed E-state index contributed by atoms with van der Waals surface area (Å²) in [6, 6.07) is 68.6. The highest BCUT2D eigenvalue weighted by Gasteiger charge is 2.52. The van der Waals surface area contributed by atoms with Gasteiger partial charge in [-0.15, -0.1) is 22.7 Å². The summed E-state index contributed by atoms with van der Waals surface area (Å²) in [6.45, 7) is 9.84. The minimum Gasteiger partial charge on any atom is -0.338 e. The first kappa shape index (κ1) is 40.7. The molecule has 4 nitrogen and oxygen atoms in total. The van der Waals surface area contributed by atoms with Gasteiger partial charge in [-0.1, -0.05) is 127 Å². The van der Waals surface area contributed by atoms with Crippen LogP contribution in [0.15, 0.2) is 188 Å². The van der Waals surface area contributed by atoms with Crippen molar-refractivity contribution in [3.05, 3.63) is 220 Å². The Bertz CT molecular complexity index is 2850. The number of para-hydroxylation sites is 4. The maximum Gasteiger partial charge on any atom is 0.242 e. The van der Waals surface area contributed by atoms with Gasteiger partial charge in [0.2, 0.25) is 5.79 Å². The third kappa shape index (κ3) is 7.02. The Labute approximate surface area is 385 Å². The number of anilines is 6. The largest absolute Gasteiger partial charge is 0.338 e. The zero-order valence-electron chi connectivity index (χ0n) is 36.3. The Hall–Kier alpha value is -6.11. The van der Waals surface area contributed by atoms with E-state index in [1.54, 1.807) is 0 Å². The third-order valence-electron chi connectivity index (χ3n) is 12.5. The first-order chi connectivity index (χ1) is 31.4. The van der Waals surface area contributed by atoms with Crippen LogP contribution in [0.4, 0.5) is 34.1 Å². The van der Waals surface area contributed by atoms with Gasteiger partial charge in [0.1, 0.15) is 0 Å². The van der Waals surface area contributed by atoms with E-state index in [1.165, 1.54) is 91.6 Å². The van der Waals surface area contributed by atoms with Gasteiger partial charge in [-0.3, -0.25) is 0 Å². The Balaban J connectivity index is 0.989. The summed E-state index contributed by atoms with van der Waals surface area (Å²) in [7, 11) is -0.904. The number of rotatable bonds is 9. The molecule has 9 aromatic rings. The number of aryl methyl sites for hydroxylation is 4. The molecule has 314 valence electrons. The molecule has 0 N–H and O–H groups in total. The Morgan fingerprint density at radius 3 is 1.12 bits per heavy atom. The molecule has 0 bridgehead atoms. The molecule has 0 atom stereocenters. The number of benzene rings is 7. The molecule has 0 amide bonds. The highest BCUT2D eigenvalue weighted by atomic mass is 32.1. The monoisotopic (exact) mass is 886 g/mol. The highest BCUT2D eigenvalue weighted by molar-refractivity contribution is 7.80. The van der Waals surface area contributed by atoms with Crippen molar-refractivity contribution in [1.29, 1.82) is 0 Å². The molecule has 2 aliphatic rings. The number of ether oxygens (including phenoxy) is 2. The van der Waals surface area contributed by atoms with E-state index in [9.17, 15) is 0 Å². The standard InChI is InChI=1S/C57H47N2O2PS2/c1-38-16-8-12-22-47(38)58(48-23-13-9-17-39(48)2)44-30-26-42(27-31-44)53-36-51-55(63-53)57(60-34-35-61-57)56-52(62(51)46-20-6-5-7-21-46)37-54(64-56)43-28-32-45(33-29-43)59(49-24-14-10-18-40(49)3)50-25-15-11-19-41(50)4/h5-33,36-37H,34-35H2,1-4H3. The molecule has 0 radical (unpaired) electrons. The van der Waals surface area contributed by atoms with Crippen molar-refractivity contribution >= 4 is 80.6 Å². The Kier molecular flexibility index (Phi) is 10.7. The van der Waals surface area contributed by atoms with E-state index in [0.29, 0.717) is 13.2 Å². The predicted octanol–water partition coefficient (Wildman–Crippen LogP) is 14.6. The van der Waals surface area contributed by atoms with Gasteiger partial charge in [0, 0.05) is 54.5 Å². The van der Waals surface area contributed by atoms with Crippen LogP contribution in [0, 0.1) is 27.7 Å². The van der Waals surface area contributed by atoms with Gasteiger partial charge in [-0.25, -0.2) is 0 Å². The van der Waals surface area contributed by atoms with Gasteiger partial charge in [0.25, 0.3) is 0 Å². The molecule has 1 spiro atoms. The second-order valence-electron chi connectivity index (χ2n) is 16.5. The first-order valence-corrected chi connectivity index (χ1v) is 24.8. The lowest BCUT2D eigenvalue weighted by Gasteiger charge is -2.35. The highest BCUT2D eigenvalue weighted by Crippen LogP contribution is 2.56. The summed E-state index contributed by atoms with van der Waals surface area (Å²) >= 11 is 3.64. The van der Waals surface area contributed by atoms with Crippen LogP contribution in [0.2, 0.25) is 0 Å². The van der Waals surface area contributed by atoms with E-state index in [1.807, 2.05) is 22.7 Å². The fourth-order valence-electron chi connectivity index (χ4n) is 9.24. The second kappa shape index (κ2) is 16.8. The summed E-state index contributed by atoms with van der Waals surface area (Å²) in [5.41, 5.74) is 14.2. The molecule has 11 rings (SSSR count). The molecule has 2 aliphatic heterocycles. The van der Waals surface area contributed by atoms with E-state index in [0.717, 1.165) is 11.4 Å². The van der Waals surface area contributed by atoms with Gasteiger partial charge < -0.3 is 19.3 Å². The van der Waals surface area contributed by atoms with Crippen LogP contribution in [-0.4, -0.2) is 13.2 Å². The average molecular weight is 887 g/mol. The van der Waals surface area contributed by atoms with Crippen molar-refractivity contribution in [3.8, 4) is 20.9 Å². The van der Waals surface area contributed by atoms with Crippen LogP contribution in [0.3, 0.4) is 0 Å². The van der Waals surface area contributed by atoms with Gasteiger partial charge in [-0.05, 0) is 135 Å². The van der Waals surface area contributed by atoms with Crippen LogP contribution in [0.25, 0.3) is 20.9 Å². The van der Waals surface area contributed by atoms with Gasteiger partial charge in [-0.2, -0.15) is 0 Å². The lowest BCUT2D eigenvalue weighted by atomic mass is 10.1. The molecule has 0 saturated carbocycles. The lowest BCUT2D eigenvalue weighted by Crippen LogP contribution is -2.41. The summed E-state index contributed by atoms with van der Waals surface area (Å²) in [4.78, 5) is 9.54. The van der Waals surface area contributed by atoms with Gasteiger partial charge in [0.05, 0.1) is 23.0 Å². The van der Waals surface area contributed by atoms with Crippen molar-refractivity contribution < 1.29 is 9.47 Å². The summed E-state index contributed by atoms with van der Waals surface area (Å²) in [6.07, 6.45) is 0. The van der Waals surface area contributed by atoms with Crippen LogP contribution in [0.5, 0.6) is 0 Å². The van der Waals surface area contributed by atoms with Crippen molar-refractivity contribution in [3.63, 3.8) is 0 Å². The Morgan fingerprint density at radius 2 is 0.766 bits per heavy atom. The van der Waals surface area contributed by atoms with E-state index in [4.69, 9.17) is 9.47 Å². The SMILES string of the molecule is Cc1ccccc1N(c1ccc(-c2cc3c(s2)C2(OCCO2)c2sc(-c4ccc(N(c5ccccc5C)c5ccccc5C)cc4)cc2P3c2ccccc2)cc1)c1ccccc1C. The van der Waals surface area contributed by atoms with Crippen LogP contribution in [-0.2, 0) is 15.3 Å². The number of hydrogen-bond donors (Lipinski definition) is 0. The predicted molar refractivity (Wildman–Crippen MR) is 273 cm³/mol. The number of nitrogens with zero attached hydrogens (tertiary/aromatic N) is 2. The zero-order chi connectivity index (χ0) is 43.4. The van der Waals surface area contributed by atoms with Crippen molar-refractivity contribution in [2.75, 3.05) is 23.0 Å². The molecule has 2 aromatic heterocycles. The van der Waals surface area contributed by atoms with Crippen LogP contribution >= 0.6 is 30.6 Å². The van der Waals surface area contributed by atoms with Gasteiger partial charge in [0.15, 0.2) is 0 Å². The molecule has 7 aromatic carbocycles. The number of hydrogen-bond acceptors (Lipinski definition) is 6. The van der Waals surface area contributed by atoms with E-state index in [2.05, 4.69) is 226 Å². The topological polar surface area (TPSA) is 24.9 Å². The fraction of sp³-hybridized carbons (Fsp3) is 0.123. The van der Waals surface area contributed by atoms with E-state index >= 15 is 0 Å². The minimum absolute atomic E-state index is 0.549. The smallest absolute Gasteiger partial charge is 0.242 e. The first-order valence-electron chi connectivity index (χ1n) is 21.8. The molecule has 0 aliphatic carbocycles. The molecule has 1 saturated heterocycles. The summed E-state index contributed by atoms with van der Waals surface area (Å²) < 4.78 is 13.7. The molecular weight excluding hydrogens is 840 g/mol. The van der Waals surface area contributed by atoms with E-state index in [-0.39, 0.29) is 0 Å². The Morgan fingerprint density at radius 1 is 0.422 bits per heavy atom. The normalized spacial score (nSPS) is 14.1. The van der Waals surface area contributed by atoms with Crippen LogP contribution < -0.4 is 25.7 Å². The summed E-state index contributed by atoms with van der Waals surface area (Å²) in [5, 5.41) is 3.95. The third-order valence-corrected chi connectivity index (χ3v) is 17.8. The van der Waals surface area contributed by atoms with Crippen LogP contribution in [0.1, 0.15) is 32.0 Å². The molecule has 4 heterocycles. The quantitative estimate of drug-likeness (QED) is 0.135. The molecule has 7 heteroatoms. The number of fused-ring (bicyclic) bond motifs is 4. The molecule has 64 heavy (non-hydrogen) atoms. The lowest BCUT2D eigenvalue weighted by molar-refractivity contribution is -0.123. The number of thiophene rings is 2. The van der Waals surface area contributed by atoms with E-state index < -0.39 is 13.7 Å². The van der Waals surface area contributed by atoms with Crippen molar-refractivity contribution in [2.45, 2.75) is 33.5 Å².